The van der Waals surface area contributed by atoms with Gasteiger partial charge in [0.1, 0.15) is 0 Å². The Bertz CT molecular complexity index is 438. The molecule has 0 spiro atoms. The van der Waals surface area contributed by atoms with E-state index in [1.807, 2.05) is 0 Å². The molecule has 2 nitrogen and oxygen atoms in total. The summed E-state index contributed by atoms with van der Waals surface area (Å²) in [5, 5.41) is 3.76. The molecule has 1 aliphatic heterocycles. The maximum atomic E-state index is 3.76. The molecule has 1 aromatic carbocycles. The van der Waals surface area contributed by atoms with Gasteiger partial charge in [0, 0.05) is 32.2 Å². The molecule has 1 N–H and O–H groups in total. The minimum atomic E-state index is 0.682. The van der Waals surface area contributed by atoms with Crippen LogP contribution in [0.2, 0.25) is 0 Å². The van der Waals surface area contributed by atoms with Crippen molar-refractivity contribution in [3.05, 3.63) is 47.5 Å². The number of benzene rings is 1. The standard InChI is InChI=1S/C18H26N2/c1-3-7-16(8-4-1)13-19-18-11-12-20(15-18)14-17-9-5-2-6-10-17/h2,5-7,9-10,18-19H,1,3-4,8,11-15H2/t18-/m0/s1. The van der Waals surface area contributed by atoms with Crippen molar-refractivity contribution in [3.63, 3.8) is 0 Å². The van der Waals surface area contributed by atoms with E-state index in [2.05, 4.69) is 46.6 Å². The fourth-order valence-electron chi connectivity index (χ4n) is 3.33. The van der Waals surface area contributed by atoms with Crippen LogP contribution in [0.3, 0.4) is 0 Å². The van der Waals surface area contributed by atoms with Gasteiger partial charge in [-0.1, -0.05) is 42.0 Å². The van der Waals surface area contributed by atoms with Crippen LogP contribution in [0.15, 0.2) is 42.0 Å². The second-order valence-electron chi connectivity index (χ2n) is 6.20. The predicted octanol–water partition coefficient (Wildman–Crippen LogP) is 3.35. The van der Waals surface area contributed by atoms with E-state index in [-0.39, 0.29) is 0 Å². The first-order valence-corrected chi connectivity index (χ1v) is 8.08. The summed E-state index contributed by atoms with van der Waals surface area (Å²) in [6.45, 7) is 4.64. The zero-order chi connectivity index (χ0) is 13.6. The first kappa shape index (κ1) is 13.8. The Morgan fingerprint density at radius 2 is 2.05 bits per heavy atom. The van der Waals surface area contributed by atoms with Crippen molar-refractivity contribution in [2.75, 3.05) is 19.6 Å². The van der Waals surface area contributed by atoms with Gasteiger partial charge in [0.2, 0.25) is 0 Å². The van der Waals surface area contributed by atoms with Crippen molar-refractivity contribution in [1.29, 1.82) is 0 Å². The van der Waals surface area contributed by atoms with Gasteiger partial charge in [-0.2, -0.15) is 0 Å². The highest BCUT2D eigenvalue weighted by molar-refractivity contribution is 5.14. The molecule has 2 heteroatoms. The lowest BCUT2D eigenvalue weighted by Crippen LogP contribution is -2.33. The third-order valence-corrected chi connectivity index (χ3v) is 4.52. The van der Waals surface area contributed by atoms with Crippen molar-refractivity contribution in [1.82, 2.24) is 10.2 Å². The van der Waals surface area contributed by atoms with Crippen LogP contribution in [0, 0.1) is 0 Å². The molecule has 0 amide bonds. The monoisotopic (exact) mass is 270 g/mol. The van der Waals surface area contributed by atoms with Gasteiger partial charge < -0.3 is 5.32 Å². The molecule has 1 aromatic rings. The van der Waals surface area contributed by atoms with Gasteiger partial charge in [0.05, 0.1) is 0 Å². The molecule has 108 valence electrons. The fraction of sp³-hybridized carbons (Fsp3) is 0.556. The lowest BCUT2D eigenvalue weighted by atomic mass is 9.99. The van der Waals surface area contributed by atoms with Crippen molar-refractivity contribution >= 4 is 0 Å². The molecule has 0 bridgehead atoms. The highest BCUT2D eigenvalue weighted by atomic mass is 15.2. The number of rotatable bonds is 5. The number of hydrogen-bond acceptors (Lipinski definition) is 2. The second-order valence-corrected chi connectivity index (χ2v) is 6.20. The maximum Gasteiger partial charge on any atom is 0.0234 e. The maximum absolute atomic E-state index is 3.76. The molecular formula is C18H26N2. The van der Waals surface area contributed by atoms with E-state index in [1.54, 1.807) is 5.57 Å². The Balaban J connectivity index is 1.42. The molecule has 0 saturated carbocycles. The lowest BCUT2D eigenvalue weighted by Gasteiger charge is -2.18. The van der Waals surface area contributed by atoms with E-state index in [0.29, 0.717) is 6.04 Å². The Kier molecular flexibility index (Phi) is 4.88. The molecule has 1 saturated heterocycles. The van der Waals surface area contributed by atoms with Crippen LogP contribution < -0.4 is 5.32 Å². The quantitative estimate of drug-likeness (QED) is 0.825. The summed E-state index contributed by atoms with van der Waals surface area (Å²) >= 11 is 0. The van der Waals surface area contributed by atoms with Crippen molar-refractivity contribution in [2.45, 2.75) is 44.7 Å². The smallest absolute Gasteiger partial charge is 0.0234 e. The van der Waals surface area contributed by atoms with Gasteiger partial charge in [0.15, 0.2) is 0 Å². The van der Waals surface area contributed by atoms with Crippen LogP contribution in [0.4, 0.5) is 0 Å². The van der Waals surface area contributed by atoms with E-state index in [0.717, 1.165) is 13.1 Å². The Morgan fingerprint density at radius 1 is 1.15 bits per heavy atom. The summed E-state index contributed by atoms with van der Waals surface area (Å²) in [5.74, 6) is 0. The third kappa shape index (κ3) is 3.94. The average Bonchev–Trinajstić information content (AvgIpc) is 2.95. The number of nitrogens with one attached hydrogen (secondary N) is 1. The molecule has 1 heterocycles. The van der Waals surface area contributed by atoms with E-state index < -0.39 is 0 Å². The summed E-state index contributed by atoms with van der Waals surface area (Å²) in [6, 6.07) is 11.5. The topological polar surface area (TPSA) is 15.3 Å². The van der Waals surface area contributed by atoms with Crippen LogP contribution in [-0.4, -0.2) is 30.6 Å². The highest BCUT2D eigenvalue weighted by Crippen LogP contribution is 2.18. The Hall–Kier alpha value is -1.12. The first-order chi connectivity index (χ1) is 9.90. The zero-order valence-electron chi connectivity index (χ0n) is 12.4. The Morgan fingerprint density at radius 3 is 2.85 bits per heavy atom. The second kappa shape index (κ2) is 7.05. The molecule has 2 aliphatic rings. The summed E-state index contributed by atoms with van der Waals surface area (Å²) < 4.78 is 0. The summed E-state index contributed by atoms with van der Waals surface area (Å²) in [6.07, 6.45) is 9.12. The molecule has 3 rings (SSSR count). The summed E-state index contributed by atoms with van der Waals surface area (Å²) in [5.41, 5.74) is 3.07. The minimum Gasteiger partial charge on any atom is -0.309 e. The highest BCUT2D eigenvalue weighted by Gasteiger charge is 2.22. The normalized spacial score (nSPS) is 23.8. The van der Waals surface area contributed by atoms with Crippen molar-refractivity contribution in [3.8, 4) is 0 Å². The van der Waals surface area contributed by atoms with Gasteiger partial charge in [-0.3, -0.25) is 4.90 Å². The van der Waals surface area contributed by atoms with Gasteiger partial charge >= 0.3 is 0 Å². The summed E-state index contributed by atoms with van der Waals surface area (Å²) in [4.78, 5) is 2.57. The van der Waals surface area contributed by atoms with E-state index >= 15 is 0 Å². The zero-order valence-corrected chi connectivity index (χ0v) is 12.4. The molecule has 0 unspecified atom stereocenters. The van der Waals surface area contributed by atoms with Crippen molar-refractivity contribution in [2.24, 2.45) is 0 Å². The molecule has 1 aliphatic carbocycles. The molecule has 20 heavy (non-hydrogen) atoms. The number of hydrogen-bond donors (Lipinski definition) is 1. The molecule has 1 fully saturated rings. The summed E-state index contributed by atoms with van der Waals surface area (Å²) in [7, 11) is 0. The number of nitrogens with zero attached hydrogens (tertiary/aromatic N) is 1. The number of allylic oxidation sites excluding steroid dienone is 1. The van der Waals surface area contributed by atoms with Crippen LogP contribution >= 0.6 is 0 Å². The predicted molar refractivity (Wildman–Crippen MR) is 84.7 cm³/mol. The first-order valence-electron chi connectivity index (χ1n) is 8.08. The average molecular weight is 270 g/mol. The SMILES string of the molecule is C1=C(CN[C@H]2CCN(Cc3ccccc3)C2)CCCC1. The van der Waals surface area contributed by atoms with Crippen LogP contribution in [-0.2, 0) is 6.54 Å². The molecule has 0 aromatic heterocycles. The van der Waals surface area contributed by atoms with E-state index in [1.165, 1.54) is 50.8 Å². The van der Waals surface area contributed by atoms with Gasteiger partial charge in [-0.15, -0.1) is 0 Å². The van der Waals surface area contributed by atoms with Crippen LogP contribution in [0.25, 0.3) is 0 Å². The Labute approximate surface area is 122 Å². The fourth-order valence-corrected chi connectivity index (χ4v) is 3.33. The number of likely N-dealkylation sites (tertiary alicyclic amines) is 1. The van der Waals surface area contributed by atoms with Gasteiger partial charge in [-0.25, -0.2) is 0 Å². The molecule has 1 atom stereocenters. The lowest BCUT2D eigenvalue weighted by molar-refractivity contribution is 0.321. The molecule has 0 radical (unpaired) electrons. The van der Waals surface area contributed by atoms with Gasteiger partial charge in [-0.05, 0) is 37.7 Å². The van der Waals surface area contributed by atoms with Crippen LogP contribution in [0.1, 0.15) is 37.7 Å². The van der Waals surface area contributed by atoms with Gasteiger partial charge in [0.25, 0.3) is 0 Å². The van der Waals surface area contributed by atoms with Crippen molar-refractivity contribution < 1.29 is 0 Å². The molecular weight excluding hydrogens is 244 g/mol. The van der Waals surface area contributed by atoms with E-state index in [9.17, 15) is 0 Å². The van der Waals surface area contributed by atoms with Crippen LogP contribution in [0.5, 0.6) is 0 Å². The third-order valence-electron chi connectivity index (χ3n) is 4.52. The largest absolute Gasteiger partial charge is 0.309 e. The minimum absolute atomic E-state index is 0.682. The van der Waals surface area contributed by atoms with E-state index in [4.69, 9.17) is 0 Å².